The molecule has 4 heteroatoms. The maximum Gasteiger partial charge on any atom is 0.0831 e. The van der Waals surface area contributed by atoms with Crippen LogP contribution in [0.4, 0.5) is 0 Å². The summed E-state index contributed by atoms with van der Waals surface area (Å²) < 4.78 is 0. The molecule has 0 aromatic carbocycles. The third-order valence-electron chi connectivity index (χ3n) is 3.16. The van der Waals surface area contributed by atoms with Gasteiger partial charge in [-0.15, -0.1) is 0 Å². The van der Waals surface area contributed by atoms with E-state index < -0.39 is 0 Å². The molecule has 2 atom stereocenters. The van der Waals surface area contributed by atoms with E-state index in [1.54, 1.807) is 0 Å². The van der Waals surface area contributed by atoms with Gasteiger partial charge in [0.25, 0.3) is 0 Å². The van der Waals surface area contributed by atoms with E-state index in [1.165, 1.54) is 0 Å². The van der Waals surface area contributed by atoms with E-state index in [4.69, 9.17) is 0 Å². The van der Waals surface area contributed by atoms with Crippen molar-refractivity contribution in [3.05, 3.63) is 0 Å². The third-order valence-corrected chi connectivity index (χ3v) is 3.16. The van der Waals surface area contributed by atoms with E-state index in [0.29, 0.717) is 6.04 Å². The first-order valence-electron chi connectivity index (χ1n) is 5.09. The Labute approximate surface area is 79.5 Å². The predicted molar refractivity (Wildman–Crippen MR) is 51.7 cm³/mol. The van der Waals surface area contributed by atoms with Crippen molar-refractivity contribution in [3.63, 3.8) is 0 Å². The standard InChI is InChI=1S/C9H19N3O/c1-11-2-4-12(5-3-11)8-6-10-7-9(8)13/h8-10,13H,2-7H2,1H3. The average Bonchev–Trinajstić information content (AvgIpc) is 2.53. The van der Waals surface area contributed by atoms with E-state index in [2.05, 4.69) is 22.2 Å². The Morgan fingerprint density at radius 2 is 1.85 bits per heavy atom. The van der Waals surface area contributed by atoms with Gasteiger partial charge in [0.2, 0.25) is 0 Å². The lowest BCUT2D eigenvalue weighted by Crippen LogP contribution is -2.52. The molecule has 0 radical (unpaired) electrons. The summed E-state index contributed by atoms with van der Waals surface area (Å²) in [6.45, 7) is 6.16. The molecule has 2 aliphatic heterocycles. The SMILES string of the molecule is CN1CCN(C2CNCC2O)CC1. The molecule has 0 aromatic rings. The van der Waals surface area contributed by atoms with E-state index >= 15 is 0 Å². The van der Waals surface area contributed by atoms with Gasteiger partial charge in [-0.3, -0.25) is 4.90 Å². The van der Waals surface area contributed by atoms with Crippen LogP contribution in [0, 0.1) is 0 Å². The molecule has 0 bridgehead atoms. The topological polar surface area (TPSA) is 38.7 Å². The van der Waals surface area contributed by atoms with Crippen LogP contribution in [-0.4, -0.2) is 73.4 Å². The number of aliphatic hydroxyl groups is 1. The van der Waals surface area contributed by atoms with Crippen LogP contribution < -0.4 is 5.32 Å². The van der Waals surface area contributed by atoms with Crippen molar-refractivity contribution < 1.29 is 5.11 Å². The van der Waals surface area contributed by atoms with Gasteiger partial charge < -0.3 is 15.3 Å². The molecule has 2 saturated heterocycles. The molecule has 0 amide bonds. The molecule has 0 aromatic heterocycles. The highest BCUT2D eigenvalue weighted by Gasteiger charge is 2.31. The Balaban J connectivity index is 1.86. The zero-order valence-electron chi connectivity index (χ0n) is 8.24. The molecular weight excluding hydrogens is 166 g/mol. The van der Waals surface area contributed by atoms with Gasteiger partial charge >= 0.3 is 0 Å². The van der Waals surface area contributed by atoms with Crippen LogP contribution in [0.15, 0.2) is 0 Å². The third kappa shape index (κ3) is 2.02. The van der Waals surface area contributed by atoms with E-state index in [0.717, 1.165) is 39.3 Å². The molecule has 4 nitrogen and oxygen atoms in total. The molecule has 2 rings (SSSR count). The lowest BCUT2D eigenvalue weighted by atomic mass is 10.1. The van der Waals surface area contributed by atoms with Crippen LogP contribution in [0.2, 0.25) is 0 Å². The number of aliphatic hydroxyl groups excluding tert-OH is 1. The minimum Gasteiger partial charge on any atom is -0.390 e. The number of nitrogens with one attached hydrogen (secondary N) is 1. The van der Waals surface area contributed by atoms with Gasteiger partial charge in [-0.2, -0.15) is 0 Å². The Bertz CT molecular complexity index is 168. The molecule has 2 heterocycles. The summed E-state index contributed by atoms with van der Waals surface area (Å²) in [5, 5.41) is 12.9. The number of β-amino-alcohol motifs (C(OH)–C–C–N with tert-alkyl or cyclic N) is 1. The van der Waals surface area contributed by atoms with Crippen LogP contribution in [0.1, 0.15) is 0 Å². The van der Waals surface area contributed by atoms with Crippen molar-refractivity contribution in [2.75, 3.05) is 46.3 Å². The molecule has 13 heavy (non-hydrogen) atoms. The Morgan fingerprint density at radius 1 is 1.15 bits per heavy atom. The summed E-state index contributed by atoms with van der Waals surface area (Å²) in [4.78, 5) is 4.75. The van der Waals surface area contributed by atoms with Crippen LogP contribution in [0.25, 0.3) is 0 Å². The molecular formula is C9H19N3O. The zero-order valence-corrected chi connectivity index (χ0v) is 8.24. The minimum atomic E-state index is -0.164. The second-order valence-corrected chi connectivity index (χ2v) is 4.13. The van der Waals surface area contributed by atoms with Gasteiger partial charge in [0.15, 0.2) is 0 Å². The first-order chi connectivity index (χ1) is 6.27. The number of nitrogens with zero attached hydrogens (tertiary/aromatic N) is 2. The first kappa shape index (κ1) is 9.40. The summed E-state index contributed by atoms with van der Waals surface area (Å²) in [5.74, 6) is 0. The highest BCUT2D eigenvalue weighted by Crippen LogP contribution is 2.11. The lowest BCUT2D eigenvalue weighted by Gasteiger charge is -2.37. The maximum atomic E-state index is 9.69. The van der Waals surface area contributed by atoms with Crippen molar-refractivity contribution in [1.29, 1.82) is 0 Å². The van der Waals surface area contributed by atoms with Gasteiger partial charge in [-0.05, 0) is 7.05 Å². The number of piperazine rings is 1. The number of likely N-dealkylation sites (N-methyl/N-ethyl adjacent to an activating group) is 1. The molecule has 0 saturated carbocycles. The molecule has 0 aliphatic carbocycles. The van der Waals surface area contributed by atoms with Crippen molar-refractivity contribution >= 4 is 0 Å². The monoisotopic (exact) mass is 185 g/mol. The van der Waals surface area contributed by atoms with Gasteiger partial charge in [-0.25, -0.2) is 0 Å². The van der Waals surface area contributed by atoms with Crippen molar-refractivity contribution in [2.45, 2.75) is 12.1 Å². The average molecular weight is 185 g/mol. The summed E-state index contributed by atoms with van der Waals surface area (Å²) in [5.41, 5.74) is 0. The second kappa shape index (κ2) is 3.92. The first-order valence-corrected chi connectivity index (χ1v) is 5.09. The predicted octanol–water partition coefficient (Wildman–Crippen LogP) is -1.43. The molecule has 2 N–H and O–H groups in total. The molecule has 0 spiro atoms. The number of rotatable bonds is 1. The number of hydrogen-bond acceptors (Lipinski definition) is 4. The van der Waals surface area contributed by atoms with Gasteiger partial charge in [0, 0.05) is 45.3 Å². The van der Waals surface area contributed by atoms with Crippen LogP contribution in [0.5, 0.6) is 0 Å². The summed E-state index contributed by atoms with van der Waals surface area (Å²) >= 11 is 0. The Kier molecular flexibility index (Phi) is 2.83. The van der Waals surface area contributed by atoms with Gasteiger partial charge in [-0.1, -0.05) is 0 Å². The van der Waals surface area contributed by atoms with Crippen molar-refractivity contribution in [1.82, 2.24) is 15.1 Å². The molecule has 2 unspecified atom stereocenters. The molecule has 76 valence electrons. The maximum absolute atomic E-state index is 9.69. The molecule has 2 fully saturated rings. The van der Waals surface area contributed by atoms with Crippen molar-refractivity contribution in [3.8, 4) is 0 Å². The highest BCUT2D eigenvalue weighted by molar-refractivity contribution is 4.90. The zero-order chi connectivity index (χ0) is 9.26. The van der Waals surface area contributed by atoms with Crippen molar-refractivity contribution in [2.24, 2.45) is 0 Å². The van der Waals surface area contributed by atoms with Gasteiger partial charge in [0.1, 0.15) is 0 Å². The fourth-order valence-electron chi connectivity index (χ4n) is 2.18. The normalized spacial score (nSPS) is 38.3. The Hall–Kier alpha value is -0.160. The molecule has 2 aliphatic rings. The second-order valence-electron chi connectivity index (χ2n) is 4.13. The lowest BCUT2D eigenvalue weighted by molar-refractivity contribution is 0.0512. The Morgan fingerprint density at radius 3 is 2.38 bits per heavy atom. The highest BCUT2D eigenvalue weighted by atomic mass is 16.3. The van der Waals surface area contributed by atoms with Crippen LogP contribution >= 0.6 is 0 Å². The smallest absolute Gasteiger partial charge is 0.0831 e. The largest absolute Gasteiger partial charge is 0.390 e. The van der Waals surface area contributed by atoms with E-state index in [-0.39, 0.29) is 6.10 Å². The quantitative estimate of drug-likeness (QED) is 0.525. The van der Waals surface area contributed by atoms with E-state index in [1.807, 2.05) is 0 Å². The summed E-state index contributed by atoms with van der Waals surface area (Å²) in [7, 11) is 2.15. The van der Waals surface area contributed by atoms with E-state index in [9.17, 15) is 5.11 Å². The number of hydrogen-bond donors (Lipinski definition) is 2. The van der Waals surface area contributed by atoms with Crippen LogP contribution in [0.3, 0.4) is 0 Å². The summed E-state index contributed by atoms with van der Waals surface area (Å²) in [6, 6.07) is 0.355. The fraction of sp³-hybridized carbons (Fsp3) is 1.00. The van der Waals surface area contributed by atoms with Crippen LogP contribution in [-0.2, 0) is 0 Å². The summed E-state index contributed by atoms with van der Waals surface area (Å²) in [6.07, 6.45) is -0.164. The fourth-order valence-corrected chi connectivity index (χ4v) is 2.18. The minimum absolute atomic E-state index is 0.164. The van der Waals surface area contributed by atoms with Gasteiger partial charge in [0.05, 0.1) is 6.10 Å².